The molecule has 1 aromatic heterocycles. The van der Waals surface area contributed by atoms with Gasteiger partial charge in [0.1, 0.15) is 5.75 Å². The van der Waals surface area contributed by atoms with Crippen LogP contribution >= 0.6 is 35.2 Å². The molecule has 0 radical (unpaired) electrons. The highest BCUT2D eigenvalue weighted by molar-refractivity contribution is 7.93. The minimum absolute atomic E-state index is 0.0450. The summed E-state index contributed by atoms with van der Waals surface area (Å²) in [4.78, 5) is 13.2. The lowest BCUT2D eigenvalue weighted by atomic mass is 10.1. The molecule has 1 atom stereocenters. The van der Waals surface area contributed by atoms with Crippen LogP contribution < -0.4 is 24.8 Å². The van der Waals surface area contributed by atoms with Crippen LogP contribution in [0.5, 0.6) is 11.5 Å². The van der Waals surface area contributed by atoms with Crippen molar-refractivity contribution in [2.45, 2.75) is 17.2 Å². The Balaban J connectivity index is 2.29. The van der Waals surface area contributed by atoms with E-state index in [4.69, 9.17) is 33.3 Å². The summed E-state index contributed by atoms with van der Waals surface area (Å²) in [5.41, 5.74) is 0.268. The number of methoxy groups -OCH3 is 2. The maximum Gasteiger partial charge on any atom is 0.276 e. The summed E-state index contributed by atoms with van der Waals surface area (Å²) in [6.07, 6.45) is 0. The van der Waals surface area contributed by atoms with Crippen molar-refractivity contribution in [3.05, 3.63) is 39.7 Å². The van der Waals surface area contributed by atoms with Crippen LogP contribution in [-0.4, -0.2) is 40.7 Å². The van der Waals surface area contributed by atoms with Gasteiger partial charge in [0.25, 0.3) is 15.9 Å². The number of hydrogen-bond donors (Lipinski definition) is 3. The van der Waals surface area contributed by atoms with E-state index in [1.807, 2.05) is 0 Å². The maximum atomic E-state index is 12.7. The van der Waals surface area contributed by atoms with Crippen molar-refractivity contribution in [2.24, 2.45) is 0 Å². The first-order chi connectivity index (χ1) is 13.6. The number of benzene rings is 1. The highest BCUT2D eigenvalue weighted by Crippen LogP contribution is 2.36. The van der Waals surface area contributed by atoms with Crippen LogP contribution in [0.25, 0.3) is 0 Å². The Bertz CT molecular complexity index is 1020. The highest BCUT2D eigenvalue weighted by atomic mass is 35.5. The molecular weight excluding hydrogens is 458 g/mol. The fraction of sp³-hybridized carbons (Fsp3) is 0.294. The van der Waals surface area contributed by atoms with Gasteiger partial charge in [0.05, 0.1) is 25.8 Å². The Hall–Kier alpha value is -2.08. The number of thiocarbonyl (C=S) groups is 1. The van der Waals surface area contributed by atoms with Crippen molar-refractivity contribution in [1.29, 1.82) is 0 Å². The smallest absolute Gasteiger partial charge is 0.276 e. The lowest BCUT2D eigenvalue weighted by molar-refractivity contribution is 0.0937. The Morgan fingerprint density at radius 1 is 1.21 bits per heavy atom. The first kappa shape index (κ1) is 23.2. The number of carbonyl (C=O) groups excluding carboxylic acids is 1. The van der Waals surface area contributed by atoms with Crippen molar-refractivity contribution in [2.75, 3.05) is 21.3 Å². The number of thiophene rings is 1. The molecule has 0 aliphatic rings. The molecule has 0 aliphatic heterocycles. The van der Waals surface area contributed by atoms with Gasteiger partial charge in [-0.25, -0.2) is 8.42 Å². The van der Waals surface area contributed by atoms with Crippen molar-refractivity contribution in [1.82, 2.24) is 15.4 Å². The summed E-state index contributed by atoms with van der Waals surface area (Å²) in [6, 6.07) is 5.75. The molecule has 29 heavy (non-hydrogen) atoms. The van der Waals surface area contributed by atoms with Gasteiger partial charge in [-0.05, 0) is 43.4 Å². The monoisotopic (exact) mass is 477 g/mol. The van der Waals surface area contributed by atoms with E-state index in [1.165, 1.54) is 27.3 Å². The third-order valence-electron chi connectivity index (χ3n) is 3.78. The summed E-state index contributed by atoms with van der Waals surface area (Å²) in [7, 11) is 0.383. The number of carbonyl (C=O) groups is 1. The van der Waals surface area contributed by atoms with E-state index in [0.717, 1.165) is 11.3 Å². The van der Waals surface area contributed by atoms with Crippen molar-refractivity contribution in [3.63, 3.8) is 0 Å². The molecule has 1 amide bonds. The number of ether oxygens (including phenoxy) is 2. The molecule has 2 aromatic rings. The molecular formula is C17H20ClN3O5S3. The Morgan fingerprint density at radius 2 is 1.86 bits per heavy atom. The van der Waals surface area contributed by atoms with Gasteiger partial charge >= 0.3 is 0 Å². The van der Waals surface area contributed by atoms with E-state index in [0.29, 0.717) is 15.6 Å². The lowest BCUT2D eigenvalue weighted by Crippen LogP contribution is -2.36. The molecule has 1 unspecified atom stereocenters. The second kappa shape index (κ2) is 9.61. The molecule has 8 nitrogen and oxygen atoms in total. The van der Waals surface area contributed by atoms with Crippen LogP contribution in [-0.2, 0) is 10.0 Å². The van der Waals surface area contributed by atoms with Gasteiger partial charge in [-0.2, -0.15) is 0 Å². The molecule has 0 saturated heterocycles. The number of nitrogens with one attached hydrogen (secondary N) is 3. The maximum absolute atomic E-state index is 12.7. The van der Waals surface area contributed by atoms with Crippen LogP contribution in [0.3, 0.4) is 0 Å². The molecule has 1 heterocycles. The van der Waals surface area contributed by atoms with E-state index in [2.05, 4.69) is 15.4 Å². The fourth-order valence-corrected chi connectivity index (χ4v) is 5.40. The quantitative estimate of drug-likeness (QED) is 0.526. The van der Waals surface area contributed by atoms with Crippen LogP contribution in [0.15, 0.2) is 28.5 Å². The Kier molecular flexibility index (Phi) is 7.69. The van der Waals surface area contributed by atoms with E-state index < -0.39 is 22.0 Å². The van der Waals surface area contributed by atoms with E-state index >= 15 is 0 Å². The minimum atomic E-state index is -3.93. The second-order valence-corrected chi connectivity index (χ2v) is 9.54. The van der Waals surface area contributed by atoms with Crippen LogP contribution in [0, 0.1) is 0 Å². The van der Waals surface area contributed by atoms with Gasteiger partial charge < -0.3 is 20.1 Å². The normalized spacial score (nSPS) is 12.0. The molecule has 12 heteroatoms. The number of sulfonamides is 1. The molecule has 0 saturated carbocycles. The van der Waals surface area contributed by atoms with Gasteiger partial charge in [-0.3, -0.25) is 9.52 Å². The van der Waals surface area contributed by atoms with Gasteiger partial charge in [-0.1, -0.05) is 11.6 Å². The van der Waals surface area contributed by atoms with Crippen molar-refractivity contribution >= 4 is 56.2 Å². The molecule has 0 spiro atoms. The van der Waals surface area contributed by atoms with Crippen LogP contribution in [0.1, 0.15) is 28.2 Å². The highest BCUT2D eigenvalue weighted by Gasteiger charge is 2.26. The van der Waals surface area contributed by atoms with Crippen molar-refractivity contribution in [3.8, 4) is 11.5 Å². The van der Waals surface area contributed by atoms with Crippen LogP contribution in [0.2, 0.25) is 5.02 Å². The summed E-state index contributed by atoms with van der Waals surface area (Å²) < 4.78 is 37.7. The summed E-state index contributed by atoms with van der Waals surface area (Å²) in [6.45, 7) is 1.72. The van der Waals surface area contributed by atoms with Gasteiger partial charge in [0.2, 0.25) is 0 Å². The van der Waals surface area contributed by atoms with Gasteiger partial charge in [0, 0.05) is 16.9 Å². The number of hydrogen-bond acceptors (Lipinski definition) is 7. The third kappa shape index (κ3) is 5.50. The summed E-state index contributed by atoms with van der Waals surface area (Å²) in [5, 5.41) is 5.69. The van der Waals surface area contributed by atoms with Gasteiger partial charge in [0.15, 0.2) is 15.1 Å². The molecule has 3 N–H and O–H groups in total. The standard InChI is InChI=1S/C17H20ClN3O5S3/c1-9(20-15(22)11-7-10(18)5-6-12(11)25-3)14-8-13(26-4)16(28-14)29(23,24)21-17(27)19-2/h5-9H,1-4H3,(H,20,22)(H2,19,21,27). The topological polar surface area (TPSA) is 106 Å². The largest absolute Gasteiger partial charge is 0.496 e. The summed E-state index contributed by atoms with van der Waals surface area (Å²) in [5.74, 6) is 0.108. The number of rotatable bonds is 7. The lowest BCUT2D eigenvalue weighted by Gasteiger charge is -2.14. The van der Waals surface area contributed by atoms with Crippen LogP contribution in [0.4, 0.5) is 0 Å². The zero-order chi connectivity index (χ0) is 21.8. The average molecular weight is 478 g/mol. The molecule has 0 bridgehead atoms. The SMILES string of the molecule is CNC(=S)NS(=O)(=O)c1sc(C(C)NC(=O)c2cc(Cl)ccc2OC)cc1OC. The number of amides is 1. The second-order valence-electron chi connectivity index (χ2n) is 5.73. The molecule has 1 aromatic carbocycles. The zero-order valence-electron chi connectivity index (χ0n) is 16.0. The molecule has 158 valence electrons. The van der Waals surface area contributed by atoms with E-state index in [9.17, 15) is 13.2 Å². The van der Waals surface area contributed by atoms with Crippen molar-refractivity contribution < 1.29 is 22.7 Å². The predicted molar refractivity (Wildman–Crippen MR) is 117 cm³/mol. The summed E-state index contributed by atoms with van der Waals surface area (Å²) >= 11 is 11.8. The molecule has 0 aliphatic carbocycles. The zero-order valence-corrected chi connectivity index (χ0v) is 19.2. The first-order valence-electron chi connectivity index (χ1n) is 8.19. The minimum Gasteiger partial charge on any atom is -0.496 e. The number of halogens is 1. The van der Waals surface area contributed by atoms with Gasteiger partial charge in [-0.15, -0.1) is 11.3 Å². The molecule has 2 rings (SSSR count). The Labute approximate surface area is 183 Å². The van der Waals surface area contributed by atoms with E-state index in [-0.39, 0.29) is 20.6 Å². The first-order valence-corrected chi connectivity index (χ1v) is 11.3. The van der Waals surface area contributed by atoms with E-state index in [1.54, 1.807) is 25.1 Å². The average Bonchev–Trinajstić information content (AvgIpc) is 3.13. The fourth-order valence-electron chi connectivity index (χ4n) is 2.34. The third-order valence-corrected chi connectivity index (χ3v) is 7.62. The Morgan fingerprint density at radius 3 is 2.45 bits per heavy atom. The predicted octanol–water partition coefficient (Wildman–Crippen LogP) is 2.69. The molecule has 0 fully saturated rings.